The summed E-state index contributed by atoms with van der Waals surface area (Å²) in [7, 11) is 1.73. The molecule has 94 valence electrons. The Kier molecular flexibility index (Phi) is 3.93. The van der Waals surface area contributed by atoms with E-state index < -0.39 is 0 Å². The Balaban J connectivity index is 2.01. The van der Waals surface area contributed by atoms with E-state index in [1.807, 2.05) is 12.1 Å². The molecular weight excluding hydrogens is 210 g/mol. The summed E-state index contributed by atoms with van der Waals surface area (Å²) < 4.78 is 5.37. The maximum Gasteiger partial charge on any atom is 0.141 e. The summed E-state index contributed by atoms with van der Waals surface area (Å²) in [6.07, 6.45) is 3.86. The largest absolute Gasteiger partial charge is 0.495 e. The minimum absolute atomic E-state index is 0.595. The van der Waals surface area contributed by atoms with Crippen molar-refractivity contribution in [1.82, 2.24) is 0 Å². The second kappa shape index (κ2) is 5.44. The van der Waals surface area contributed by atoms with Crippen molar-refractivity contribution in [2.75, 3.05) is 12.4 Å². The summed E-state index contributed by atoms with van der Waals surface area (Å²) in [4.78, 5) is 0. The molecule has 1 saturated carbocycles. The highest BCUT2D eigenvalue weighted by Crippen LogP contribution is 2.33. The molecule has 3 atom stereocenters. The first-order valence-corrected chi connectivity index (χ1v) is 6.60. The molecular formula is C15H23NO. The highest BCUT2D eigenvalue weighted by Gasteiger charge is 2.24. The van der Waals surface area contributed by atoms with Crippen molar-refractivity contribution < 1.29 is 4.74 Å². The molecule has 0 aromatic heterocycles. The van der Waals surface area contributed by atoms with E-state index in [-0.39, 0.29) is 0 Å². The summed E-state index contributed by atoms with van der Waals surface area (Å²) in [5.41, 5.74) is 1.13. The van der Waals surface area contributed by atoms with E-state index in [0.29, 0.717) is 6.04 Å². The minimum atomic E-state index is 0.595. The first-order valence-electron chi connectivity index (χ1n) is 6.60. The van der Waals surface area contributed by atoms with Crippen LogP contribution in [-0.4, -0.2) is 13.2 Å². The zero-order valence-corrected chi connectivity index (χ0v) is 11.1. The topological polar surface area (TPSA) is 21.3 Å². The first-order chi connectivity index (χ1) is 8.20. The van der Waals surface area contributed by atoms with Gasteiger partial charge in [0.25, 0.3) is 0 Å². The summed E-state index contributed by atoms with van der Waals surface area (Å²) in [6.45, 7) is 4.73. The Morgan fingerprint density at radius 3 is 2.59 bits per heavy atom. The molecule has 0 saturated heterocycles. The fourth-order valence-electron chi connectivity index (χ4n) is 2.66. The molecule has 1 aliphatic rings. The van der Waals surface area contributed by atoms with Crippen molar-refractivity contribution in [2.45, 2.75) is 39.2 Å². The van der Waals surface area contributed by atoms with Crippen molar-refractivity contribution in [3.05, 3.63) is 24.3 Å². The fraction of sp³-hybridized carbons (Fsp3) is 0.600. The number of rotatable bonds is 3. The molecule has 2 nitrogen and oxygen atoms in total. The van der Waals surface area contributed by atoms with Crippen LogP contribution in [0.2, 0.25) is 0 Å². The molecule has 3 unspecified atom stereocenters. The van der Waals surface area contributed by atoms with Crippen LogP contribution in [0, 0.1) is 11.8 Å². The number of anilines is 1. The molecule has 17 heavy (non-hydrogen) atoms. The van der Waals surface area contributed by atoms with Gasteiger partial charge in [0.15, 0.2) is 0 Å². The lowest BCUT2D eigenvalue weighted by Crippen LogP contribution is -2.30. The minimum Gasteiger partial charge on any atom is -0.495 e. The van der Waals surface area contributed by atoms with Crippen LogP contribution in [0.25, 0.3) is 0 Å². The Hall–Kier alpha value is -1.18. The van der Waals surface area contributed by atoms with E-state index >= 15 is 0 Å². The van der Waals surface area contributed by atoms with E-state index in [1.165, 1.54) is 19.3 Å². The lowest BCUT2D eigenvalue weighted by atomic mass is 9.79. The van der Waals surface area contributed by atoms with Gasteiger partial charge in [0.05, 0.1) is 12.8 Å². The molecule has 0 heterocycles. The molecule has 0 radical (unpaired) electrons. The summed E-state index contributed by atoms with van der Waals surface area (Å²) in [5.74, 6) is 2.63. The molecule has 0 amide bonds. The van der Waals surface area contributed by atoms with Gasteiger partial charge in [0, 0.05) is 6.04 Å². The van der Waals surface area contributed by atoms with Gasteiger partial charge in [-0.25, -0.2) is 0 Å². The Morgan fingerprint density at radius 1 is 1.12 bits per heavy atom. The van der Waals surface area contributed by atoms with Gasteiger partial charge in [0.1, 0.15) is 5.75 Å². The van der Waals surface area contributed by atoms with Gasteiger partial charge in [-0.15, -0.1) is 0 Å². The predicted octanol–water partition coefficient (Wildman–Crippen LogP) is 3.93. The van der Waals surface area contributed by atoms with Crippen molar-refractivity contribution in [1.29, 1.82) is 0 Å². The SMILES string of the molecule is COc1ccccc1NC1CCC(C)C(C)C1. The molecule has 1 aromatic rings. The molecule has 0 spiro atoms. The third-order valence-electron chi connectivity index (χ3n) is 4.06. The average molecular weight is 233 g/mol. The second-order valence-electron chi connectivity index (χ2n) is 5.31. The number of hydrogen-bond acceptors (Lipinski definition) is 2. The predicted molar refractivity (Wildman–Crippen MR) is 72.6 cm³/mol. The first kappa shape index (κ1) is 12.3. The second-order valence-corrected chi connectivity index (χ2v) is 5.31. The number of benzene rings is 1. The van der Waals surface area contributed by atoms with Crippen LogP contribution in [0.1, 0.15) is 33.1 Å². The Bertz CT molecular complexity index is 364. The number of hydrogen-bond donors (Lipinski definition) is 1. The lowest BCUT2D eigenvalue weighted by molar-refractivity contribution is 0.260. The molecule has 0 aliphatic heterocycles. The zero-order chi connectivity index (χ0) is 12.3. The number of nitrogens with one attached hydrogen (secondary N) is 1. The normalized spacial score (nSPS) is 28.8. The van der Waals surface area contributed by atoms with Gasteiger partial charge >= 0.3 is 0 Å². The molecule has 0 bridgehead atoms. The van der Waals surface area contributed by atoms with Crippen LogP contribution in [0.5, 0.6) is 5.75 Å². The highest BCUT2D eigenvalue weighted by atomic mass is 16.5. The van der Waals surface area contributed by atoms with Crippen LogP contribution in [0.3, 0.4) is 0 Å². The standard InChI is InChI=1S/C15H23NO/c1-11-8-9-13(10-12(11)2)16-14-6-4-5-7-15(14)17-3/h4-7,11-13,16H,8-10H2,1-3H3. The quantitative estimate of drug-likeness (QED) is 0.854. The van der Waals surface area contributed by atoms with E-state index in [4.69, 9.17) is 4.74 Å². The van der Waals surface area contributed by atoms with Crippen LogP contribution in [0.15, 0.2) is 24.3 Å². The summed E-state index contributed by atoms with van der Waals surface area (Å²) in [6, 6.07) is 8.77. The molecule has 2 rings (SSSR count). The van der Waals surface area contributed by atoms with Crippen molar-refractivity contribution in [2.24, 2.45) is 11.8 Å². The molecule has 1 N–H and O–H groups in total. The van der Waals surface area contributed by atoms with E-state index in [9.17, 15) is 0 Å². The van der Waals surface area contributed by atoms with Crippen LogP contribution < -0.4 is 10.1 Å². The molecule has 2 heteroatoms. The maximum atomic E-state index is 5.37. The summed E-state index contributed by atoms with van der Waals surface area (Å²) >= 11 is 0. The highest BCUT2D eigenvalue weighted by molar-refractivity contribution is 5.56. The molecule has 1 aromatic carbocycles. The Morgan fingerprint density at radius 2 is 1.88 bits per heavy atom. The maximum absolute atomic E-state index is 5.37. The number of para-hydroxylation sites is 2. The average Bonchev–Trinajstić information content (AvgIpc) is 2.34. The van der Waals surface area contributed by atoms with Gasteiger partial charge in [-0.1, -0.05) is 26.0 Å². The van der Waals surface area contributed by atoms with Crippen molar-refractivity contribution >= 4 is 5.69 Å². The van der Waals surface area contributed by atoms with Gasteiger partial charge in [-0.05, 0) is 43.2 Å². The monoisotopic (exact) mass is 233 g/mol. The van der Waals surface area contributed by atoms with Gasteiger partial charge in [-0.3, -0.25) is 0 Å². The van der Waals surface area contributed by atoms with Crippen LogP contribution >= 0.6 is 0 Å². The number of ether oxygens (including phenoxy) is 1. The molecule has 1 fully saturated rings. The zero-order valence-electron chi connectivity index (χ0n) is 11.1. The summed E-state index contributed by atoms with van der Waals surface area (Å²) in [5, 5.41) is 3.63. The third-order valence-corrected chi connectivity index (χ3v) is 4.06. The molecule has 1 aliphatic carbocycles. The van der Waals surface area contributed by atoms with E-state index in [1.54, 1.807) is 7.11 Å². The smallest absolute Gasteiger partial charge is 0.141 e. The van der Waals surface area contributed by atoms with E-state index in [2.05, 4.69) is 31.3 Å². The van der Waals surface area contributed by atoms with E-state index in [0.717, 1.165) is 23.3 Å². The Labute approximate surface area is 104 Å². The van der Waals surface area contributed by atoms with Crippen molar-refractivity contribution in [3.8, 4) is 5.75 Å². The van der Waals surface area contributed by atoms with Crippen LogP contribution in [-0.2, 0) is 0 Å². The fourth-order valence-corrected chi connectivity index (χ4v) is 2.66. The lowest BCUT2D eigenvalue weighted by Gasteiger charge is -2.33. The van der Waals surface area contributed by atoms with Crippen LogP contribution in [0.4, 0.5) is 5.69 Å². The van der Waals surface area contributed by atoms with Gasteiger partial charge in [-0.2, -0.15) is 0 Å². The van der Waals surface area contributed by atoms with Crippen molar-refractivity contribution in [3.63, 3.8) is 0 Å². The van der Waals surface area contributed by atoms with Gasteiger partial charge in [0.2, 0.25) is 0 Å². The number of methoxy groups -OCH3 is 1. The third kappa shape index (κ3) is 2.93. The van der Waals surface area contributed by atoms with Gasteiger partial charge < -0.3 is 10.1 Å².